The summed E-state index contributed by atoms with van der Waals surface area (Å²) in [6, 6.07) is 17.1. The van der Waals surface area contributed by atoms with Crippen molar-refractivity contribution in [2.45, 2.75) is 19.4 Å². The molecule has 0 aliphatic carbocycles. The normalized spacial score (nSPS) is 13.4. The van der Waals surface area contributed by atoms with Crippen LogP contribution in [-0.2, 0) is 6.54 Å². The third kappa shape index (κ3) is 5.94. The molecule has 162 valence electrons. The lowest BCUT2D eigenvalue weighted by atomic mass is 10.1. The second-order valence-corrected chi connectivity index (χ2v) is 8.13. The molecule has 4 rings (SSSR count). The van der Waals surface area contributed by atoms with Gasteiger partial charge in [0, 0.05) is 34.5 Å². The highest BCUT2D eigenvalue weighted by Gasteiger charge is 2.12. The quantitative estimate of drug-likeness (QED) is 0.354. The summed E-state index contributed by atoms with van der Waals surface area (Å²) in [7, 11) is 0. The molecule has 0 amide bonds. The Kier molecular flexibility index (Phi) is 7.50. The first-order valence-electron chi connectivity index (χ1n) is 10.7. The van der Waals surface area contributed by atoms with Gasteiger partial charge in [0.05, 0.1) is 0 Å². The first-order chi connectivity index (χ1) is 15.7. The number of ether oxygens (including phenoxy) is 1. The summed E-state index contributed by atoms with van der Waals surface area (Å²) in [5, 5.41) is 3.75. The average molecular weight is 446 g/mol. The van der Waals surface area contributed by atoms with Crippen LogP contribution in [0.15, 0.2) is 66.0 Å². The number of hydrogen-bond acceptors (Lipinski definition) is 5. The molecule has 0 N–H and O–H groups in total. The van der Waals surface area contributed by atoms with Crippen LogP contribution in [0.1, 0.15) is 29.7 Å². The van der Waals surface area contributed by atoms with Crippen LogP contribution in [0.2, 0.25) is 5.02 Å². The number of nitroso groups, excluding NO2 is 1. The van der Waals surface area contributed by atoms with E-state index in [0.717, 1.165) is 41.9 Å². The molecule has 1 aromatic heterocycles. The standard InChI is InChI=1S/C26H24ClN3O2/c27-24-8-5-21(6-9-24)22-7-11-25(28-18-22)10-3-20-4-12-26(23(17-20)19-29-31)32-16-15-30-13-1-2-14-30/h4-9,11-12,17-18H,1-2,13-16,19H2. The van der Waals surface area contributed by atoms with Gasteiger partial charge in [0.2, 0.25) is 0 Å². The van der Waals surface area contributed by atoms with E-state index in [-0.39, 0.29) is 6.54 Å². The lowest BCUT2D eigenvalue weighted by Crippen LogP contribution is -2.25. The molecule has 1 aliphatic heterocycles. The van der Waals surface area contributed by atoms with Crippen LogP contribution in [0.3, 0.4) is 0 Å². The molecular formula is C26H24ClN3O2. The van der Waals surface area contributed by atoms with Crippen LogP contribution in [0, 0.1) is 16.7 Å². The number of rotatable bonds is 7. The number of halogens is 1. The van der Waals surface area contributed by atoms with E-state index in [2.05, 4.69) is 26.9 Å². The van der Waals surface area contributed by atoms with Gasteiger partial charge >= 0.3 is 0 Å². The largest absolute Gasteiger partial charge is 0.492 e. The summed E-state index contributed by atoms with van der Waals surface area (Å²) in [5.41, 5.74) is 4.26. The third-order valence-corrected chi connectivity index (χ3v) is 5.69. The average Bonchev–Trinajstić information content (AvgIpc) is 3.34. The monoisotopic (exact) mass is 445 g/mol. The van der Waals surface area contributed by atoms with E-state index in [1.807, 2.05) is 54.6 Å². The van der Waals surface area contributed by atoms with Gasteiger partial charge in [0.25, 0.3) is 0 Å². The Morgan fingerprint density at radius 1 is 1.00 bits per heavy atom. The van der Waals surface area contributed by atoms with E-state index in [4.69, 9.17) is 16.3 Å². The van der Waals surface area contributed by atoms with Crippen LogP contribution < -0.4 is 4.74 Å². The van der Waals surface area contributed by atoms with E-state index in [1.165, 1.54) is 12.8 Å². The number of hydrogen-bond donors (Lipinski definition) is 0. The van der Waals surface area contributed by atoms with Gasteiger partial charge in [-0.25, -0.2) is 4.98 Å². The lowest BCUT2D eigenvalue weighted by Gasteiger charge is -2.16. The van der Waals surface area contributed by atoms with Crippen molar-refractivity contribution in [3.63, 3.8) is 0 Å². The maximum absolute atomic E-state index is 10.9. The smallest absolute Gasteiger partial charge is 0.124 e. The van der Waals surface area contributed by atoms with Crippen LogP contribution in [0.4, 0.5) is 0 Å². The Morgan fingerprint density at radius 3 is 2.50 bits per heavy atom. The van der Waals surface area contributed by atoms with Crippen molar-refractivity contribution in [1.29, 1.82) is 0 Å². The number of pyridine rings is 1. The molecule has 5 nitrogen and oxygen atoms in total. The van der Waals surface area contributed by atoms with Crippen molar-refractivity contribution >= 4 is 11.6 Å². The van der Waals surface area contributed by atoms with Gasteiger partial charge in [-0.3, -0.25) is 4.90 Å². The third-order valence-electron chi connectivity index (χ3n) is 5.44. The maximum atomic E-state index is 10.9. The summed E-state index contributed by atoms with van der Waals surface area (Å²) in [5.74, 6) is 6.89. The topological polar surface area (TPSA) is 54.8 Å². The Hall–Kier alpha value is -3.20. The van der Waals surface area contributed by atoms with Gasteiger partial charge < -0.3 is 4.74 Å². The molecule has 1 fully saturated rings. The molecule has 6 heteroatoms. The Morgan fingerprint density at radius 2 is 1.78 bits per heavy atom. The van der Waals surface area contributed by atoms with Gasteiger partial charge in [-0.05, 0) is 73.8 Å². The van der Waals surface area contributed by atoms with Crippen LogP contribution in [0.5, 0.6) is 5.75 Å². The number of aromatic nitrogens is 1. The van der Waals surface area contributed by atoms with Crippen molar-refractivity contribution in [3.05, 3.63) is 87.5 Å². The molecule has 1 saturated heterocycles. The van der Waals surface area contributed by atoms with Crippen LogP contribution >= 0.6 is 11.6 Å². The molecule has 2 heterocycles. The molecule has 0 bridgehead atoms. The first-order valence-corrected chi connectivity index (χ1v) is 11.1. The Bertz CT molecular complexity index is 1110. The van der Waals surface area contributed by atoms with E-state index < -0.39 is 0 Å². The highest BCUT2D eigenvalue weighted by Crippen LogP contribution is 2.22. The van der Waals surface area contributed by atoms with E-state index in [9.17, 15) is 4.91 Å². The Labute approximate surface area is 193 Å². The number of benzene rings is 2. The zero-order valence-electron chi connectivity index (χ0n) is 17.8. The molecule has 0 atom stereocenters. The second kappa shape index (κ2) is 10.9. The van der Waals surface area contributed by atoms with Crippen molar-refractivity contribution < 1.29 is 4.74 Å². The second-order valence-electron chi connectivity index (χ2n) is 7.70. The van der Waals surface area contributed by atoms with E-state index >= 15 is 0 Å². The Balaban J connectivity index is 1.42. The fourth-order valence-electron chi connectivity index (χ4n) is 3.70. The van der Waals surface area contributed by atoms with Gasteiger partial charge in [-0.2, -0.15) is 4.91 Å². The minimum absolute atomic E-state index is 0.0581. The van der Waals surface area contributed by atoms with Crippen LogP contribution in [-0.4, -0.2) is 36.1 Å². The predicted octanol–water partition coefficient (Wildman–Crippen LogP) is 5.54. The molecule has 2 aromatic carbocycles. The molecular weight excluding hydrogens is 422 g/mol. The lowest BCUT2D eigenvalue weighted by molar-refractivity contribution is 0.236. The van der Waals surface area contributed by atoms with Crippen molar-refractivity contribution in [3.8, 4) is 28.7 Å². The fourth-order valence-corrected chi connectivity index (χ4v) is 3.83. The summed E-state index contributed by atoms with van der Waals surface area (Å²) < 4.78 is 5.92. The first kappa shape index (κ1) is 22.0. The van der Waals surface area contributed by atoms with Crippen molar-refractivity contribution in [2.75, 3.05) is 26.2 Å². The highest BCUT2D eigenvalue weighted by atomic mass is 35.5. The summed E-state index contributed by atoms with van der Waals surface area (Å²) in [6.45, 7) is 3.82. The van der Waals surface area contributed by atoms with Gasteiger partial charge in [-0.15, -0.1) is 0 Å². The summed E-state index contributed by atoms with van der Waals surface area (Å²) in [4.78, 5) is 17.7. The van der Waals surface area contributed by atoms with E-state index in [0.29, 0.717) is 23.1 Å². The number of likely N-dealkylation sites (tertiary alicyclic amines) is 1. The molecule has 1 aliphatic rings. The molecule has 3 aromatic rings. The zero-order chi connectivity index (χ0) is 22.2. The van der Waals surface area contributed by atoms with Gasteiger partial charge in [0.15, 0.2) is 0 Å². The number of nitrogens with zero attached hydrogens (tertiary/aromatic N) is 3. The summed E-state index contributed by atoms with van der Waals surface area (Å²) in [6.07, 6.45) is 4.31. The SMILES string of the molecule is O=NCc1cc(C#Cc2ccc(-c3ccc(Cl)cc3)cn2)ccc1OCCN1CCCC1. The fraction of sp³-hybridized carbons (Fsp3) is 0.269. The maximum Gasteiger partial charge on any atom is 0.124 e. The van der Waals surface area contributed by atoms with Gasteiger partial charge in [0.1, 0.15) is 24.6 Å². The minimum Gasteiger partial charge on any atom is -0.492 e. The van der Waals surface area contributed by atoms with Gasteiger partial charge in [-0.1, -0.05) is 40.9 Å². The minimum atomic E-state index is 0.0581. The van der Waals surface area contributed by atoms with Crippen molar-refractivity contribution in [2.24, 2.45) is 5.18 Å². The molecule has 0 saturated carbocycles. The summed E-state index contributed by atoms with van der Waals surface area (Å²) >= 11 is 5.95. The zero-order valence-corrected chi connectivity index (χ0v) is 18.5. The molecule has 0 unspecified atom stereocenters. The molecule has 32 heavy (non-hydrogen) atoms. The predicted molar refractivity (Wildman–Crippen MR) is 128 cm³/mol. The molecule has 0 spiro atoms. The van der Waals surface area contributed by atoms with Crippen molar-refractivity contribution in [1.82, 2.24) is 9.88 Å². The highest BCUT2D eigenvalue weighted by molar-refractivity contribution is 6.30. The molecule has 0 radical (unpaired) electrons. The van der Waals surface area contributed by atoms with E-state index in [1.54, 1.807) is 6.20 Å². The van der Waals surface area contributed by atoms with Crippen LogP contribution in [0.25, 0.3) is 11.1 Å².